The van der Waals surface area contributed by atoms with Crippen LogP contribution in [0.3, 0.4) is 0 Å². The molecular formula is C16H32N2. The minimum atomic E-state index is 0.329. The lowest BCUT2D eigenvalue weighted by molar-refractivity contribution is 0.0345. The van der Waals surface area contributed by atoms with Crippen molar-refractivity contribution in [1.29, 1.82) is 0 Å². The van der Waals surface area contributed by atoms with Gasteiger partial charge in [0.15, 0.2) is 0 Å². The summed E-state index contributed by atoms with van der Waals surface area (Å²) in [5.74, 6) is 3.43. The zero-order valence-electron chi connectivity index (χ0n) is 12.8. The number of hydrogen-bond donors (Lipinski definition) is 1. The third-order valence-electron chi connectivity index (χ3n) is 5.96. The maximum Gasteiger partial charge on any atom is 0.0334 e. The predicted octanol–water partition coefficient (Wildman–Crippen LogP) is 3.12. The van der Waals surface area contributed by atoms with Crippen molar-refractivity contribution >= 4 is 0 Å². The van der Waals surface area contributed by atoms with E-state index < -0.39 is 0 Å². The molecule has 2 heteroatoms. The Bertz CT molecular complexity index is 276. The summed E-state index contributed by atoms with van der Waals surface area (Å²) in [4.78, 5) is 2.75. The fourth-order valence-corrected chi connectivity index (χ4v) is 4.05. The SMILES string of the molecule is CC(C)C1CCN(C2(CN)CCC(C)C(C)C2)C1. The molecule has 0 spiro atoms. The molecule has 106 valence electrons. The number of nitrogens with two attached hydrogens (primary N) is 1. The lowest BCUT2D eigenvalue weighted by Gasteiger charge is -2.48. The van der Waals surface area contributed by atoms with E-state index in [9.17, 15) is 0 Å². The fourth-order valence-electron chi connectivity index (χ4n) is 4.05. The van der Waals surface area contributed by atoms with Gasteiger partial charge >= 0.3 is 0 Å². The highest BCUT2D eigenvalue weighted by Gasteiger charge is 2.44. The Balaban J connectivity index is 2.05. The Morgan fingerprint density at radius 3 is 2.44 bits per heavy atom. The van der Waals surface area contributed by atoms with Crippen molar-refractivity contribution in [3.8, 4) is 0 Å². The molecule has 1 saturated heterocycles. The molecule has 4 atom stereocenters. The summed E-state index contributed by atoms with van der Waals surface area (Å²) in [5.41, 5.74) is 6.53. The Morgan fingerprint density at radius 2 is 1.94 bits per heavy atom. The van der Waals surface area contributed by atoms with E-state index in [2.05, 4.69) is 32.6 Å². The Hall–Kier alpha value is -0.0800. The summed E-state index contributed by atoms with van der Waals surface area (Å²) >= 11 is 0. The summed E-state index contributed by atoms with van der Waals surface area (Å²) in [6.45, 7) is 13.0. The van der Waals surface area contributed by atoms with E-state index in [0.717, 1.165) is 30.2 Å². The van der Waals surface area contributed by atoms with Crippen LogP contribution in [0, 0.1) is 23.7 Å². The van der Waals surface area contributed by atoms with Crippen LogP contribution in [0.25, 0.3) is 0 Å². The third-order valence-corrected chi connectivity index (χ3v) is 5.96. The molecule has 4 unspecified atom stereocenters. The van der Waals surface area contributed by atoms with Gasteiger partial charge in [-0.25, -0.2) is 0 Å². The average Bonchev–Trinajstić information content (AvgIpc) is 2.83. The van der Waals surface area contributed by atoms with Crippen molar-refractivity contribution in [1.82, 2.24) is 4.90 Å². The highest BCUT2D eigenvalue weighted by Crippen LogP contribution is 2.42. The molecule has 0 aromatic rings. The van der Waals surface area contributed by atoms with Gasteiger partial charge in [0.1, 0.15) is 0 Å². The highest BCUT2D eigenvalue weighted by molar-refractivity contribution is 5.00. The molecule has 2 nitrogen and oxygen atoms in total. The molecule has 1 aliphatic heterocycles. The second kappa shape index (κ2) is 5.50. The van der Waals surface area contributed by atoms with Crippen LogP contribution in [0.5, 0.6) is 0 Å². The maximum atomic E-state index is 6.21. The monoisotopic (exact) mass is 252 g/mol. The molecule has 0 bridgehead atoms. The van der Waals surface area contributed by atoms with Crippen LogP contribution < -0.4 is 5.73 Å². The minimum Gasteiger partial charge on any atom is -0.329 e. The van der Waals surface area contributed by atoms with E-state index in [0.29, 0.717) is 5.54 Å². The molecule has 0 amide bonds. The zero-order valence-corrected chi connectivity index (χ0v) is 12.8. The molecule has 0 aromatic heterocycles. The van der Waals surface area contributed by atoms with Gasteiger partial charge in [-0.1, -0.05) is 27.7 Å². The first-order chi connectivity index (χ1) is 8.48. The average molecular weight is 252 g/mol. The molecule has 0 aromatic carbocycles. The number of hydrogen-bond acceptors (Lipinski definition) is 2. The first kappa shape index (κ1) is 14.3. The number of nitrogens with zero attached hydrogens (tertiary/aromatic N) is 1. The van der Waals surface area contributed by atoms with E-state index in [1.54, 1.807) is 0 Å². The summed E-state index contributed by atoms with van der Waals surface area (Å²) in [7, 11) is 0. The predicted molar refractivity (Wildman–Crippen MR) is 78.5 cm³/mol. The van der Waals surface area contributed by atoms with Crippen molar-refractivity contribution in [2.45, 2.75) is 58.9 Å². The van der Waals surface area contributed by atoms with Crippen molar-refractivity contribution in [3.63, 3.8) is 0 Å². The molecule has 1 aliphatic carbocycles. The Morgan fingerprint density at radius 1 is 1.22 bits per heavy atom. The topological polar surface area (TPSA) is 29.3 Å². The first-order valence-electron chi connectivity index (χ1n) is 7.93. The minimum absolute atomic E-state index is 0.329. The van der Waals surface area contributed by atoms with E-state index >= 15 is 0 Å². The maximum absolute atomic E-state index is 6.21. The van der Waals surface area contributed by atoms with E-state index in [-0.39, 0.29) is 0 Å². The standard InChI is InChI=1S/C16H32N2/c1-12(2)15-6-8-18(10-15)16(11-17)7-5-13(3)14(4)9-16/h12-15H,5-11,17H2,1-4H3. The summed E-state index contributed by atoms with van der Waals surface area (Å²) in [5, 5.41) is 0. The highest BCUT2D eigenvalue weighted by atomic mass is 15.2. The lowest BCUT2D eigenvalue weighted by atomic mass is 9.70. The smallest absolute Gasteiger partial charge is 0.0334 e. The molecule has 2 N–H and O–H groups in total. The molecule has 2 fully saturated rings. The van der Waals surface area contributed by atoms with Gasteiger partial charge in [0.25, 0.3) is 0 Å². The van der Waals surface area contributed by atoms with Crippen molar-refractivity contribution in [2.75, 3.05) is 19.6 Å². The van der Waals surface area contributed by atoms with Crippen LogP contribution >= 0.6 is 0 Å². The normalized spacial score (nSPS) is 42.7. The first-order valence-corrected chi connectivity index (χ1v) is 7.93. The van der Waals surface area contributed by atoms with Crippen molar-refractivity contribution < 1.29 is 0 Å². The van der Waals surface area contributed by atoms with Crippen LogP contribution in [-0.2, 0) is 0 Å². The van der Waals surface area contributed by atoms with Crippen molar-refractivity contribution in [2.24, 2.45) is 29.4 Å². The Kier molecular flexibility index (Phi) is 4.38. The van der Waals surface area contributed by atoms with Gasteiger partial charge in [-0.15, -0.1) is 0 Å². The van der Waals surface area contributed by atoms with Gasteiger partial charge in [-0.05, 0) is 55.9 Å². The van der Waals surface area contributed by atoms with Gasteiger partial charge in [-0.2, -0.15) is 0 Å². The van der Waals surface area contributed by atoms with E-state index in [1.165, 1.54) is 38.8 Å². The van der Waals surface area contributed by atoms with Crippen LogP contribution in [0.15, 0.2) is 0 Å². The zero-order chi connectivity index (χ0) is 13.3. The summed E-state index contributed by atoms with van der Waals surface area (Å²) in [6.07, 6.45) is 5.37. The van der Waals surface area contributed by atoms with Crippen molar-refractivity contribution in [3.05, 3.63) is 0 Å². The summed E-state index contributed by atoms with van der Waals surface area (Å²) < 4.78 is 0. The summed E-state index contributed by atoms with van der Waals surface area (Å²) in [6, 6.07) is 0. The second-order valence-corrected chi connectivity index (χ2v) is 7.36. The molecule has 18 heavy (non-hydrogen) atoms. The van der Waals surface area contributed by atoms with E-state index in [1.807, 2.05) is 0 Å². The third kappa shape index (κ3) is 2.60. The van der Waals surface area contributed by atoms with Crippen LogP contribution in [0.1, 0.15) is 53.4 Å². The van der Waals surface area contributed by atoms with Gasteiger partial charge in [0.05, 0.1) is 0 Å². The van der Waals surface area contributed by atoms with Crippen LogP contribution in [-0.4, -0.2) is 30.1 Å². The van der Waals surface area contributed by atoms with Crippen LogP contribution in [0.4, 0.5) is 0 Å². The molecule has 1 saturated carbocycles. The number of likely N-dealkylation sites (tertiary alicyclic amines) is 1. The molecule has 2 rings (SSSR count). The van der Waals surface area contributed by atoms with Gasteiger partial charge in [-0.3, -0.25) is 4.90 Å². The number of rotatable bonds is 3. The lowest BCUT2D eigenvalue weighted by Crippen LogP contribution is -2.56. The Labute approximate surface area is 113 Å². The molecule has 1 heterocycles. The fraction of sp³-hybridized carbons (Fsp3) is 1.00. The van der Waals surface area contributed by atoms with Gasteiger partial charge in [0.2, 0.25) is 0 Å². The molecular weight excluding hydrogens is 220 g/mol. The van der Waals surface area contributed by atoms with E-state index in [4.69, 9.17) is 5.73 Å². The molecule has 2 aliphatic rings. The largest absolute Gasteiger partial charge is 0.329 e. The van der Waals surface area contributed by atoms with Gasteiger partial charge < -0.3 is 5.73 Å². The van der Waals surface area contributed by atoms with Gasteiger partial charge in [0, 0.05) is 18.6 Å². The second-order valence-electron chi connectivity index (χ2n) is 7.36. The molecule has 0 radical (unpaired) electrons. The van der Waals surface area contributed by atoms with Crippen LogP contribution in [0.2, 0.25) is 0 Å². The quantitative estimate of drug-likeness (QED) is 0.836.